The first-order valence-corrected chi connectivity index (χ1v) is 8.07. The minimum absolute atomic E-state index is 0.304. The van der Waals surface area contributed by atoms with Crippen molar-refractivity contribution in [2.45, 2.75) is 26.0 Å². The van der Waals surface area contributed by atoms with Gasteiger partial charge in [0.1, 0.15) is 6.61 Å². The van der Waals surface area contributed by atoms with Gasteiger partial charge in [0.05, 0.1) is 0 Å². The third-order valence-corrected chi connectivity index (χ3v) is 4.05. The molecule has 0 saturated heterocycles. The molecule has 0 fully saturated rings. The van der Waals surface area contributed by atoms with Crippen molar-refractivity contribution in [2.75, 3.05) is 13.1 Å². The molecule has 4 heteroatoms. The fraction of sp³-hybridized carbons (Fsp3) is 0.316. The van der Waals surface area contributed by atoms with Crippen molar-refractivity contribution in [3.05, 3.63) is 70.8 Å². The lowest BCUT2D eigenvalue weighted by Gasteiger charge is -2.17. The molecule has 2 aromatic rings. The van der Waals surface area contributed by atoms with Crippen molar-refractivity contribution in [1.29, 1.82) is 0 Å². The van der Waals surface area contributed by atoms with Crippen molar-refractivity contribution in [1.82, 2.24) is 10.6 Å². The molecule has 0 atom stereocenters. The van der Waals surface area contributed by atoms with E-state index in [1.165, 1.54) is 16.7 Å². The molecule has 0 unspecified atom stereocenters. The molecule has 120 valence electrons. The Labute approximate surface area is 136 Å². The standard InChI is InChI=1S/C19H22N2O2/c22-19(23-14-16-4-2-1-3-5-16)21-11-8-15-6-7-18-13-20-10-9-17(18)12-15/h1-7,12,20H,8-11,13-14H2,(H,21,22). The Morgan fingerprint density at radius 1 is 1.09 bits per heavy atom. The first-order chi connectivity index (χ1) is 11.3. The molecule has 3 rings (SSSR count). The number of carbonyl (C=O) groups is 1. The monoisotopic (exact) mass is 310 g/mol. The molecule has 2 aromatic carbocycles. The second-order valence-electron chi connectivity index (χ2n) is 5.77. The first kappa shape index (κ1) is 15.6. The van der Waals surface area contributed by atoms with Crippen LogP contribution in [-0.4, -0.2) is 19.2 Å². The summed E-state index contributed by atoms with van der Waals surface area (Å²) in [5.41, 5.74) is 5.06. The third-order valence-electron chi connectivity index (χ3n) is 4.05. The maximum Gasteiger partial charge on any atom is 0.407 e. The Bertz CT molecular complexity index is 656. The summed E-state index contributed by atoms with van der Waals surface area (Å²) in [6.07, 6.45) is 1.53. The quantitative estimate of drug-likeness (QED) is 0.893. The Kier molecular flexibility index (Phi) is 5.27. The molecule has 1 amide bonds. The van der Waals surface area contributed by atoms with Gasteiger partial charge in [0.15, 0.2) is 0 Å². The molecule has 0 bridgehead atoms. The molecule has 0 aromatic heterocycles. The van der Waals surface area contributed by atoms with Gasteiger partial charge in [0, 0.05) is 13.1 Å². The molecule has 0 aliphatic carbocycles. The summed E-state index contributed by atoms with van der Waals surface area (Å²) < 4.78 is 5.20. The highest BCUT2D eigenvalue weighted by Gasteiger charge is 2.09. The van der Waals surface area contributed by atoms with Crippen molar-refractivity contribution in [3.8, 4) is 0 Å². The van der Waals surface area contributed by atoms with Gasteiger partial charge in [-0.2, -0.15) is 0 Å². The first-order valence-electron chi connectivity index (χ1n) is 8.07. The number of fused-ring (bicyclic) bond motifs is 1. The number of amides is 1. The van der Waals surface area contributed by atoms with Crippen molar-refractivity contribution >= 4 is 6.09 Å². The fourth-order valence-electron chi connectivity index (χ4n) is 2.77. The highest BCUT2D eigenvalue weighted by atomic mass is 16.5. The van der Waals surface area contributed by atoms with E-state index in [9.17, 15) is 4.79 Å². The maximum atomic E-state index is 11.7. The van der Waals surface area contributed by atoms with Gasteiger partial charge in [-0.05, 0) is 41.6 Å². The van der Waals surface area contributed by atoms with Crippen LogP contribution in [0.15, 0.2) is 48.5 Å². The van der Waals surface area contributed by atoms with E-state index in [0.29, 0.717) is 13.2 Å². The van der Waals surface area contributed by atoms with Crippen molar-refractivity contribution in [3.63, 3.8) is 0 Å². The van der Waals surface area contributed by atoms with Gasteiger partial charge in [0.2, 0.25) is 0 Å². The van der Waals surface area contributed by atoms with Gasteiger partial charge in [-0.25, -0.2) is 4.79 Å². The van der Waals surface area contributed by atoms with E-state index in [-0.39, 0.29) is 6.09 Å². The lowest BCUT2D eigenvalue weighted by molar-refractivity contribution is 0.140. The molecule has 2 N–H and O–H groups in total. The lowest BCUT2D eigenvalue weighted by atomic mass is 9.97. The van der Waals surface area contributed by atoms with Crippen LogP contribution in [0.25, 0.3) is 0 Å². The Morgan fingerprint density at radius 2 is 1.96 bits per heavy atom. The van der Waals surface area contributed by atoms with E-state index < -0.39 is 0 Å². The molecule has 1 aliphatic rings. The molecule has 1 heterocycles. The zero-order valence-corrected chi connectivity index (χ0v) is 13.2. The van der Waals surface area contributed by atoms with Crippen LogP contribution in [0.3, 0.4) is 0 Å². The minimum Gasteiger partial charge on any atom is -0.445 e. The normalized spacial score (nSPS) is 13.2. The Morgan fingerprint density at radius 3 is 2.83 bits per heavy atom. The van der Waals surface area contributed by atoms with E-state index in [1.54, 1.807) is 0 Å². The van der Waals surface area contributed by atoms with Crippen molar-refractivity contribution in [2.24, 2.45) is 0 Å². The topological polar surface area (TPSA) is 50.4 Å². The van der Waals surface area contributed by atoms with Gasteiger partial charge in [0.25, 0.3) is 0 Å². The highest BCUT2D eigenvalue weighted by molar-refractivity contribution is 5.67. The van der Waals surface area contributed by atoms with Crippen LogP contribution in [-0.2, 0) is 30.7 Å². The number of carbonyl (C=O) groups excluding carboxylic acids is 1. The number of rotatable bonds is 5. The SMILES string of the molecule is O=C(NCCc1ccc2c(c1)CCNC2)OCc1ccccc1. The summed E-state index contributed by atoms with van der Waals surface area (Å²) in [4.78, 5) is 11.7. The highest BCUT2D eigenvalue weighted by Crippen LogP contribution is 2.16. The molecular weight excluding hydrogens is 288 g/mol. The molecule has 23 heavy (non-hydrogen) atoms. The molecule has 4 nitrogen and oxygen atoms in total. The smallest absolute Gasteiger partial charge is 0.407 e. The van der Waals surface area contributed by atoms with Crippen LogP contribution < -0.4 is 10.6 Å². The second-order valence-corrected chi connectivity index (χ2v) is 5.77. The fourth-order valence-corrected chi connectivity index (χ4v) is 2.77. The molecule has 1 aliphatic heterocycles. The number of hydrogen-bond acceptors (Lipinski definition) is 3. The average molecular weight is 310 g/mol. The number of nitrogens with one attached hydrogen (secondary N) is 2. The van der Waals surface area contributed by atoms with E-state index in [1.807, 2.05) is 30.3 Å². The van der Waals surface area contributed by atoms with Crippen LogP contribution in [0.1, 0.15) is 22.3 Å². The average Bonchev–Trinajstić information content (AvgIpc) is 2.61. The predicted octanol–water partition coefficient (Wildman–Crippen LogP) is 2.80. The molecular formula is C19H22N2O2. The summed E-state index contributed by atoms with van der Waals surface area (Å²) in [6.45, 7) is 2.89. The largest absolute Gasteiger partial charge is 0.445 e. The number of ether oxygens (including phenoxy) is 1. The Balaban J connectivity index is 1.41. The van der Waals surface area contributed by atoms with Gasteiger partial charge in [-0.15, -0.1) is 0 Å². The molecule has 0 saturated carbocycles. The number of hydrogen-bond donors (Lipinski definition) is 2. The van der Waals surface area contributed by atoms with E-state index >= 15 is 0 Å². The lowest BCUT2D eigenvalue weighted by Crippen LogP contribution is -2.26. The second kappa shape index (κ2) is 7.79. The molecule has 0 radical (unpaired) electrons. The van der Waals surface area contributed by atoms with Crippen LogP contribution in [0.4, 0.5) is 4.79 Å². The Hall–Kier alpha value is -2.33. The van der Waals surface area contributed by atoms with E-state index in [2.05, 4.69) is 28.8 Å². The van der Waals surface area contributed by atoms with Gasteiger partial charge >= 0.3 is 6.09 Å². The third kappa shape index (κ3) is 4.57. The predicted molar refractivity (Wildman–Crippen MR) is 90.2 cm³/mol. The van der Waals surface area contributed by atoms with Crippen LogP contribution >= 0.6 is 0 Å². The zero-order valence-electron chi connectivity index (χ0n) is 13.2. The molecule has 0 spiro atoms. The van der Waals surface area contributed by atoms with Gasteiger partial charge in [-0.1, -0.05) is 48.5 Å². The van der Waals surface area contributed by atoms with E-state index in [0.717, 1.165) is 31.5 Å². The summed E-state index contributed by atoms with van der Waals surface area (Å²) in [6, 6.07) is 16.3. The maximum absolute atomic E-state index is 11.7. The van der Waals surface area contributed by atoms with Crippen LogP contribution in [0, 0.1) is 0 Å². The summed E-state index contributed by atoms with van der Waals surface area (Å²) in [5.74, 6) is 0. The summed E-state index contributed by atoms with van der Waals surface area (Å²) >= 11 is 0. The van der Waals surface area contributed by atoms with Crippen molar-refractivity contribution < 1.29 is 9.53 Å². The van der Waals surface area contributed by atoms with Gasteiger partial charge < -0.3 is 15.4 Å². The van der Waals surface area contributed by atoms with E-state index in [4.69, 9.17) is 4.74 Å². The minimum atomic E-state index is -0.365. The van der Waals surface area contributed by atoms with Gasteiger partial charge in [-0.3, -0.25) is 0 Å². The number of benzene rings is 2. The zero-order chi connectivity index (χ0) is 15.9. The number of alkyl carbamates (subject to hydrolysis) is 1. The summed E-state index contributed by atoms with van der Waals surface area (Å²) in [5, 5.41) is 6.18. The summed E-state index contributed by atoms with van der Waals surface area (Å²) in [7, 11) is 0. The van der Waals surface area contributed by atoms with Crippen LogP contribution in [0.5, 0.6) is 0 Å². The van der Waals surface area contributed by atoms with Crippen LogP contribution in [0.2, 0.25) is 0 Å².